The number of nitrogens with one attached hydrogen (secondary N) is 1. The summed E-state index contributed by atoms with van der Waals surface area (Å²) in [6.45, 7) is 3.44. The maximum absolute atomic E-state index is 13.8. The van der Waals surface area contributed by atoms with Gasteiger partial charge in [-0.05, 0) is 43.2 Å². The summed E-state index contributed by atoms with van der Waals surface area (Å²) in [5.74, 6) is -0.977. The van der Waals surface area contributed by atoms with Crippen molar-refractivity contribution in [1.82, 2.24) is 4.90 Å². The normalized spacial score (nSPS) is 13.5. The van der Waals surface area contributed by atoms with Crippen LogP contribution in [0.1, 0.15) is 25.3 Å². The van der Waals surface area contributed by atoms with Gasteiger partial charge in [0, 0.05) is 43.5 Å². The molecule has 2 aromatic rings. The molecule has 1 aliphatic rings. The van der Waals surface area contributed by atoms with Crippen molar-refractivity contribution in [2.75, 3.05) is 29.9 Å². The molecule has 0 bridgehead atoms. The number of hydrogen-bond donors (Lipinski definition) is 1. The molecule has 142 valence electrons. The van der Waals surface area contributed by atoms with Crippen LogP contribution in [0, 0.1) is 5.82 Å². The number of nitrogens with zero attached hydrogens (tertiary/aromatic N) is 2. The summed E-state index contributed by atoms with van der Waals surface area (Å²) >= 11 is 0. The van der Waals surface area contributed by atoms with Crippen molar-refractivity contribution in [2.45, 2.75) is 26.3 Å². The summed E-state index contributed by atoms with van der Waals surface area (Å²) in [5, 5.41) is 2.80. The van der Waals surface area contributed by atoms with Crippen molar-refractivity contribution < 1.29 is 14.0 Å². The average Bonchev–Trinajstić information content (AvgIpc) is 3.18. The maximum Gasteiger partial charge on any atom is 0.244 e. The fourth-order valence-corrected chi connectivity index (χ4v) is 3.22. The monoisotopic (exact) mass is 369 g/mol. The number of hydrogen-bond acceptors (Lipinski definition) is 3. The molecule has 0 aromatic heterocycles. The number of benzene rings is 2. The molecule has 3 rings (SSSR count). The second-order valence-corrected chi connectivity index (χ2v) is 6.76. The Morgan fingerprint density at radius 3 is 2.37 bits per heavy atom. The van der Waals surface area contributed by atoms with Gasteiger partial charge in [-0.3, -0.25) is 9.59 Å². The summed E-state index contributed by atoms with van der Waals surface area (Å²) in [6, 6.07) is 14.0. The minimum atomic E-state index is -0.387. The average molecular weight is 369 g/mol. The Balaban J connectivity index is 1.59. The van der Waals surface area contributed by atoms with Crippen LogP contribution in [-0.2, 0) is 16.1 Å². The molecule has 1 heterocycles. The lowest BCUT2D eigenvalue weighted by molar-refractivity contribution is -0.133. The topological polar surface area (TPSA) is 52.7 Å². The van der Waals surface area contributed by atoms with Crippen LogP contribution in [0.15, 0.2) is 48.5 Å². The molecule has 0 radical (unpaired) electrons. The standard InChI is InChI=1S/C21H24FN3O2/c1-16(26)25(14-17-6-2-3-7-20(17)22)15-21(27)23-18-8-10-19(11-9-18)24-12-4-5-13-24/h2-3,6-11H,4-5,12-15H2,1H3,(H,23,27). The SMILES string of the molecule is CC(=O)N(CC(=O)Nc1ccc(N2CCCC2)cc1)Cc1ccccc1F. The molecule has 0 aliphatic carbocycles. The molecule has 27 heavy (non-hydrogen) atoms. The van der Waals surface area contributed by atoms with Crippen molar-refractivity contribution >= 4 is 23.2 Å². The molecule has 1 aliphatic heterocycles. The molecule has 0 unspecified atom stereocenters. The van der Waals surface area contributed by atoms with Gasteiger partial charge in [-0.25, -0.2) is 4.39 Å². The van der Waals surface area contributed by atoms with Gasteiger partial charge in [0.25, 0.3) is 0 Å². The molecular weight excluding hydrogens is 345 g/mol. The van der Waals surface area contributed by atoms with Gasteiger partial charge in [0.2, 0.25) is 11.8 Å². The first kappa shape index (κ1) is 18.9. The molecular formula is C21H24FN3O2. The highest BCUT2D eigenvalue weighted by molar-refractivity contribution is 5.94. The van der Waals surface area contributed by atoms with Crippen LogP contribution < -0.4 is 10.2 Å². The van der Waals surface area contributed by atoms with Gasteiger partial charge in [0.1, 0.15) is 12.4 Å². The van der Waals surface area contributed by atoms with E-state index < -0.39 is 0 Å². The quantitative estimate of drug-likeness (QED) is 0.849. The third-order valence-corrected chi connectivity index (χ3v) is 4.72. The second kappa shape index (κ2) is 8.66. The Kier molecular flexibility index (Phi) is 6.06. The Morgan fingerprint density at radius 2 is 1.74 bits per heavy atom. The van der Waals surface area contributed by atoms with E-state index in [9.17, 15) is 14.0 Å². The molecule has 1 N–H and O–H groups in total. The van der Waals surface area contributed by atoms with Gasteiger partial charge in [-0.15, -0.1) is 0 Å². The lowest BCUT2D eigenvalue weighted by atomic mass is 10.2. The predicted molar refractivity (Wildman–Crippen MR) is 104 cm³/mol. The first-order valence-corrected chi connectivity index (χ1v) is 9.17. The van der Waals surface area contributed by atoms with E-state index in [4.69, 9.17) is 0 Å². The van der Waals surface area contributed by atoms with Gasteiger partial charge in [-0.2, -0.15) is 0 Å². The van der Waals surface area contributed by atoms with Crippen molar-refractivity contribution in [3.8, 4) is 0 Å². The van der Waals surface area contributed by atoms with E-state index in [0.29, 0.717) is 11.3 Å². The number of anilines is 2. The van der Waals surface area contributed by atoms with Gasteiger partial charge >= 0.3 is 0 Å². The Morgan fingerprint density at radius 1 is 1.07 bits per heavy atom. The van der Waals surface area contributed by atoms with E-state index in [0.717, 1.165) is 18.8 Å². The highest BCUT2D eigenvalue weighted by Crippen LogP contribution is 2.22. The fraction of sp³-hybridized carbons (Fsp3) is 0.333. The lowest BCUT2D eigenvalue weighted by Gasteiger charge is -2.21. The van der Waals surface area contributed by atoms with Crippen molar-refractivity contribution in [3.05, 3.63) is 59.9 Å². The molecule has 6 heteroatoms. The Bertz CT molecular complexity index is 801. The van der Waals surface area contributed by atoms with E-state index in [2.05, 4.69) is 10.2 Å². The van der Waals surface area contributed by atoms with E-state index in [1.54, 1.807) is 18.2 Å². The van der Waals surface area contributed by atoms with Crippen LogP contribution in [0.5, 0.6) is 0 Å². The zero-order valence-electron chi connectivity index (χ0n) is 15.5. The first-order chi connectivity index (χ1) is 13.0. The molecule has 2 aromatic carbocycles. The van der Waals surface area contributed by atoms with E-state index in [-0.39, 0.29) is 30.7 Å². The highest BCUT2D eigenvalue weighted by Gasteiger charge is 2.16. The summed E-state index contributed by atoms with van der Waals surface area (Å²) in [6.07, 6.45) is 2.42. The number of amides is 2. The van der Waals surface area contributed by atoms with Crippen LogP contribution in [0.4, 0.5) is 15.8 Å². The summed E-state index contributed by atoms with van der Waals surface area (Å²) in [4.78, 5) is 27.8. The Hall–Kier alpha value is -2.89. The second-order valence-electron chi connectivity index (χ2n) is 6.76. The minimum Gasteiger partial charge on any atom is -0.372 e. The van der Waals surface area contributed by atoms with Crippen molar-refractivity contribution in [1.29, 1.82) is 0 Å². The third-order valence-electron chi connectivity index (χ3n) is 4.72. The Labute approximate surface area is 158 Å². The van der Waals surface area contributed by atoms with Gasteiger partial charge in [0.15, 0.2) is 0 Å². The molecule has 2 amide bonds. The van der Waals surface area contributed by atoms with Crippen LogP contribution in [0.2, 0.25) is 0 Å². The zero-order chi connectivity index (χ0) is 19.2. The smallest absolute Gasteiger partial charge is 0.244 e. The van der Waals surface area contributed by atoms with E-state index in [1.807, 2.05) is 24.3 Å². The largest absolute Gasteiger partial charge is 0.372 e. The fourth-order valence-electron chi connectivity index (χ4n) is 3.22. The summed E-state index contributed by atoms with van der Waals surface area (Å²) in [7, 11) is 0. The molecule has 0 atom stereocenters. The minimum absolute atomic E-state index is 0.0589. The van der Waals surface area contributed by atoms with E-state index in [1.165, 1.54) is 30.7 Å². The maximum atomic E-state index is 13.8. The molecule has 5 nitrogen and oxygen atoms in total. The molecule has 1 fully saturated rings. The van der Waals surface area contributed by atoms with Crippen LogP contribution in [0.3, 0.4) is 0 Å². The lowest BCUT2D eigenvalue weighted by Crippen LogP contribution is -2.36. The first-order valence-electron chi connectivity index (χ1n) is 9.17. The van der Waals surface area contributed by atoms with Gasteiger partial charge < -0.3 is 15.1 Å². The van der Waals surface area contributed by atoms with Crippen molar-refractivity contribution in [2.24, 2.45) is 0 Å². The summed E-state index contributed by atoms with van der Waals surface area (Å²) < 4.78 is 13.8. The van der Waals surface area contributed by atoms with Crippen molar-refractivity contribution in [3.63, 3.8) is 0 Å². The van der Waals surface area contributed by atoms with Gasteiger partial charge in [0.05, 0.1) is 0 Å². The number of carbonyl (C=O) groups excluding carboxylic acids is 2. The van der Waals surface area contributed by atoms with Crippen LogP contribution >= 0.6 is 0 Å². The number of rotatable bonds is 6. The molecule has 0 spiro atoms. The number of halogens is 1. The van der Waals surface area contributed by atoms with E-state index >= 15 is 0 Å². The molecule has 0 saturated carbocycles. The third kappa shape index (κ3) is 5.06. The molecule has 1 saturated heterocycles. The number of carbonyl (C=O) groups is 2. The zero-order valence-corrected chi connectivity index (χ0v) is 15.5. The predicted octanol–water partition coefficient (Wildman–Crippen LogP) is 3.41. The highest BCUT2D eigenvalue weighted by atomic mass is 19.1. The van der Waals surface area contributed by atoms with Crippen LogP contribution in [-0.4, -0.2) is 36.3 Å². The van der Waals surface area contributed by atoms with Crippen LogP contribution in [0.25, 0.3) is 0 Å². The van der Waals surface area contributed by atoms with Gasteiger partial charge in [-0.1, -0.05) is 18.2 Å². The summed E-state index contributed by atoms with van der Waals surface area (Å²) in [5.41, 5.74) is 2.21.